The minimum atomic E-state index is -0.203. The van der Waals surface area contributed by atoms with Crippen molar-refractivity contribution in [2.45, 2.75) is 57.2 Å². The molecule has 2 atom stereocenters. The highest BCUT2D eigenvalue weighted by Crippen LogP contribution is 2.43. The zero-order valence-corrected chi connectivity index (χ0v) is 18.5. The minimum absolute atomic E-state index is 0.0656. The molecule has 31 heavy (non-hydrogen) atoms. The maximum atomic E-state index is 14.0. The van der Waals surface area contributed by atoms with Crippen LogP contribution in [0.2, 0.25) is 0 Å². The van der Waals surface area contributed by atoms with E-state index in [0.29, 0.717) is 16.7 Å². The topological polar surface area (TPSA) is 33.1 Å². The summed E-state index contributed by atoms with van der Waals surface area (Å²) in [6, 6.07) is 15.9. The molecule has 0 bridgehead atoms. The highest BCUT2D eigenvalue weighted by atomic mass is 32.1. The monoisotopic (exact) mass is 434 g/mol. The molecule has 1 aromatic carbocycles. The molecule has 2 fully saturated rings. The number of hydrogen-bond acceptors (Lipinski definition) is 2. The number of benzene rings is 1. The Bertz CT molecular complexity index is 1070. The van der Waals surface area contributed by atoms with E-state index in [0.717, 1.165) is 11.4 Å². The van der Waals surface area contributed by atoms with Crippen molar-refractivity contribution in [2.75, 3.05) is 4.90 Å². The molecule has 2 aromatic heterocycles. The molecule has 0 unspecified atom stereocenters. The van der Waals surface area contributed by atoms with Gasteiger partial charge in [-0.3, -0.25) is 4.98 Å². The van der Waals surface area contributed by atoms with Crippen LogP contribution in [0.5, 0.6) is 0 Å². The lowest BCUT2D eigenvalue weighted by Gasteiger charge is -2.32. The van der Waals surface area contributed by atoms with Crippen molar-refractivity contribution in [3.8, 4) is 0 Å². The van der Waals surface area contributed by atoms with Gasteiger partial charge in [0.15, 0.2) is 5.11 Å². The van der Waals surface area contributed by atoms with Gasteiger partial charge in [0.25, 0.3) is 0 Å². The van der Waals surface area contributed by atoms with Crippen LogP contribution in [-0.4, -0.2) is 14.7 Å². The fourth-order valence-electron chi connectivity index (χ4n) is 5.06. The maximum absolute atomic E-state index is 14.0. The summed E-state index contributed by atoms with van der Waals surface area (Å²) in [6.07, 6.45) is 10.3. The average Bonchev–Trinajstić information content (AvgIpc) is 3.41. The average molecular weight is 435 g/mol. The minimum Gasteiger partial charge on any atom is -0.351 e. The normalized spacial score (nSPS) is 22.0. The second kappa shape index (κ2) is 8.42. The van der Waals surface area contributed by atoms with Gasteiger partial charge in [0.2, 0.25) is 0 Å². The van der Waals surface area contributed by atoms with Gasteiger partial charge < -0.3 is 14.8 Å². The Labute approximate surface area is 188 Å². The summed E-state index contributed by atoms with van der Waals surface area (Å²) in [6.45, 7) is 1.79. The van der Waals surface area contributed by atoms with Gasteiger partial charge in [0.05, 0.1) is 11.7 Å². The smallest absolute Gasteiger partial charge is 0.174 e. The van der Waals surface area contributed by atoms with Crippen molar-refractivity contribution >= 4 is 23.0 Å². The van der Waals surface area contributed by atoms with Gasteiger partial charge >= 0.3 is 0 Å². The molecular formula is C25H27FN4S. The van der Waals surface area contributed by atoms with E-state index >= 15 is 0 Å². The highest BCUT2D eigenvalue weighted by molar-refractivity contribution is 7.80. The van der Waals surface area contributed by atoms with Crippen molar-refractivity contribution in [2.24, 2.45) is 0 Å². The Kier molecular flexibility index (Phi) is 5.48. The van der Waals surface area contributed by atoms with Crippen molar-refractivity contribution in [3.63, 3.8) is 0 Å². The summed E-state index contributed by atoms with van der Waals surface area (Å²) in [5.74, 6) is -0.203. The van der Waals surface area contributed by atoms with E-state index < -0.39 is 0 Å². The third-order valence-corrected chi connectivity index (χ3v) is 6.92. The number of rotatable bonds is 4. The molecule has 3 heterocycles. The van der Waals surface area contributed by atoms with Gasteiger partial charge in [-0.05, 0) is 80.0 Å². The summed E-state index contributed by atoms with van der Waals surface area (Å²) >= 11 is 5.81. The fourth-order valence-corrected chi connectivity index (χ4v) is 5.41. The van der Waals surface area contributed by atoms with Crippen LogP contribution in [-0.2, 0) is 0 Å². The van der Waals surface area contributed by atoms with Gasteiger partial charge in [-0.25, -0.2) is 4.39 Å². The molecule has 0 spiro atoms. The molecule has 1 N–H and O–H groups in total. The molecule has 6 heteroatoms. The number of nitrogens with one attached hydrogen (secondary N) is 1. The Balaban J connectivity index is 1.62. The summed E-state index contributed by atoms with van der Waals surface area (Å²) in [7, 11) is 0. The number of nitrogens with zero attached hydrogens (tertiary/aromatic N) is 3. The summed E-state index contributed by atoms with van der Waals surface area (Å²) in [5, 5.41) is 4.15. The largest absolute Gasteiger partial charge is 0.351 e. The second-order valence-electron chi connectivity index (χ2n) is 8.56. The fraction of sp³-hybridized carbons (Fsp3) is 0.360. The second-order valence-corrected chi connectivity index (χ2v) is 8.95. The Morgan fingerprint density at radius 1 is 1.06 bits per heavy atom. The van der Waals surface area contributed by atoms with Crippen LogP contribution in [0.15, 0.2) is 60.9 Å². The van der Waals surface area contributed by atoms with E-state index in [1.54, 1.807) is 6.92 Å². The van der Waals surface area contributed by atoms with Crippen molar-refractivity contribution in [3.05, 3.63) is 83.7 Å². The van der Waals surface area contributed by atoms with Crippen LogP contribution < -0.4 is 10.2 Å². The number of pyridine rings is 1. The predicted molar refractivity (Wildman–Crippen MR) is 126 cm³/mol. The molecule has 160 valence electrons. The van der Waals surface area contributed by atoms with Crippen molar-refractivity contribution in [1.82, 2.24) is 14.9 Å². The SMILES string of the molecule is Cc1cc(N2C(=S)N[C@@H](c3ccccn3)[C@H]2c2cccn2C2CCCCC2)ccc1F. The third-order valence-electron chi connectivity index (χ3n) is 6.60. The van der Waals surface area contributed by atoms with Crippen LogP contribution in [0.3, 0.4) is 0 Å². The summed E-state index contributed by atoms with van der Waals surface area (Å²) in [5.41, 5.74) is 3.68. The van der Waals surface area contributed by atoms with Crippen molar-refractivity contribution in [1.29, 1.82) is 0 Å². The molecule has 2 aliphatic rings. The van der Waals surface area contributed by atoms with E-state index in [9.17, 15) is 4.39 Å². The molecule has 1 aliphatic carbocycles. The lowest BCUT2D eigenvalue weighted by atomic mass is 9.94. The van der Waals surface area contributed by atoms with E-state index in [1.807, 2.05) is 36.5 Å². The zero-order chi connectivity index (χ0) is 21.4. The first-order valence-electron chi connectivity index (χ1n) is 11.1. The number of anilines is 1. The first-order chi connectivity index (χ1) is 15.1. The van der Waals surface area contributed by atoms with Gasteiger partial charge in [0, 0.05) is 29.8 Å². The number of aromatic nitrogens is 2. The van der Waals surface area contributed by atoms with E-state index in [2.05, 4.69) is 38.1 Å². The lowest BCUT2D eigenvalue weighted by Crippen LogP contribution is -2.31. The molecule has 1 aliphatic heterocycles. The van der Waals surface area contributed by atoms with Crippen LogP contribution in [0, 0.1) is 12.7 Å². The molecule has 0 radical (unpaired) electrons. The standard InChI is InChI=1S/C25H27FN4S/c1-17-16-19(12-13-20(17)26)30-24(23(28-25(30)31)21-10-5-6-14-27-21)22-11-7-15-29(22)18-8-3-2-4-9-18/h5-7,10-16,18,23-24H,2-4,8-9H2,1H3,(H,28,31)/t23-,24+/m0/s1. The number of aryl methyl sites for hydroxylation is 1. The van der Waals surface area contributed by atoms with Crippen molar-refractivity contribution < 1.29 is 4.39 Å². The molecule has 0 amide bonds. The predicted octanol–water partition coefficient (Wildman–Crippen LogP) is 6.01. The quantitative estimate of drug-likeness (QED) is 0.510. The number of halogens is 1. The van der Waals surface area contributed by atoms with Gasteiger partial charge in [-0.1, -0.05) is 25.3 Å². The van der Waals surface area contributed by atoms with Crippen LogP contribution in [0.25, 0.3) is 0 Å². The Morgan fingerprint density at radius 3 is 2.65 bits per heavy atom. The van der Waals surface area contributed by atoms with Crippen LogP contribution in [0.1, 0.15) is 67.2 Å². The zero-order valence-electron chi connectivity index (χ0n) is 17.7. The Morgan fingerprint density at radius 2 is 1.90 bits per heavy atom. The first kappa shape index (κ1) is 20.2. The molecule has 1 saturated carbocycles. The van der Waals surface area contributed by atoms with E-state index in [1.165, 1.54) is 43.9 Å². The van der Waals surface area contributed by atoms with Gasteiger partial charge in [-0.2, -0.15) is 0 Å². The highest BCUT2D eigenvalue weighted by Gasteiger charge is 2.42. The maximum Gasteiger partial charge on any atom is 0.174 e. The van der Waals surface area contributed by atoms with Gasteiger partial charge in [0.1, 0.15) is 11.9 Å². The number of thiocarbonyl (C=S) groups is 1. The Hall–Kier alpha value is -2.73. The molecule has 4 nitrogen and oxygen atoms in total. The van der Waals surface area contributed by atoms with Crippen LogP contribution in [0.4, 0.5) is 10.1 Å². The summed E-state index contributed by atoms with van der Waals surface area (Å²) in [4.78, 5) is 6.77. The van der Waals surface area contributed by atoms with Crippen LogP contribution >= 0.6 is 12.2 Å². The first-order valence-corrected chi connectivity index (χ1v) is 11.5. The molecular weight excluding hydrogens is 407 g/mol. The molecule has 3 aromatic rings. The molecule has 5 rings (SSSR count). The summed E-state index contributed by atoms with van der Waals surface area (Å²) < 4.78 is 16.5. The van der Waals surface area contributed by atoms with E-state index in [4.69, 9.17) is 12.2 Å². The molecule has 1 saturated heterocycles. The third kappa shape index (κ3) is 3.74. The number of hydrogen-bond donors (Lipinski definition) is 1. The van der Waals surface area contributed by atoms with Gasteiger partial charge in [-0.15, -0.1) is 0 Å². The van der Waals surface area contributed by atoms with E-state index in [-0.39, 0.29) is 17.9 Å². The lowest BCUT2D eigenvalue weighted by molar-refractivity contribution is 0.340.